The van der Waals surface area contributed by atoms with E-state index >= 15 is 0 Å². The molecule has 0 aromatic heterocycles. The zero-order valence-corrected chi connectivity index (χ0v) is 17.5. The molecule has 4 rings (SSSR count). The standard InChI is InChI=1S/C27H36/c1-19-4-6-22(7-5-19)23-8-10-24(11-9-23)25-12-14-26(15-13-25)27-17-20(2)16-21(3)18-27/h12-19,22-24H,4-11H2,1-3H3. The molecule has 27 heavy (non-hydrogen) atoms. The third-order valence-electron chi connectivity index (χ3n) is 7.44. The van der Waals surface area contributed by atoms with Crippen LogP contribution >= 0.6 is 0 Å². The second-order valence-electron chi connectivity index (χ2n) is 9.63. The third kappa shape index (κ3) is 4.48. The lowest BCUT2D eigenvalue weighted by molar-refractivity contribution is 0.165. The molecule has 0 nitrogen and oxygen atoms in total. The molecular weight excluding hydrogens is 324 g/mol. The lowest BCUT2D eigenvalue weighted by Crippen LogP contribution is -2.24. The van der Waals surface area contributed by atoms with Gasteiger partial charge in [-0.3, -0.25) is 0 Å². The molecule has 0 N–H and O–H groups in total. The van der Waals surface area contributed by atoms with Gasteiger partial charge in [-0.05, 0) is 92.7 Å². The van der Waals surface area contributed by atoms with Crippen LogP contribution in [0.4, 0.5) is 0 Å². The molecule has 2 aliphatic carbocycles. The van der Waals surface area contributed by atoms with Crippen LogP contribution in [0.1, 0.15) is 80.9 Å². The van der Waals surface area contributed by atoms with E-state index in [4.69, 9.17) is 0 Å². The number of rotatable bonds is 3. The van der Waals surface area contributed by atoms with E-state index in [9.17, 15) is 0 Å². The fourth-order valence-electron chi connectivity index (χ4n) is 5.77. The summed E-state index contributed by atoms with van der Waals surface area (Å²) in [5.74, 6) is 3.82. The van der Waals surface area contributed by atoms with Crippen LogP contribution in [0.15, 0.2) is 42.5 Å². The second-order valence-corrected chi connectivity index (χ2v) is 9.63. The average Bonchev–Trinajstić information content (AvgIpc) is 2.68. The van der Waals surface area contributed by atoms with Crippen LogP contribution in [-0.4, -0.2) is 0 Å². The molecule has 0 spiro atoms. The molecule has 0 heterocycles. The minimum absolute atomic E-state index is 0.789. The number of aryl methyl sites for hydroxylation is 2. The van der Waals surface area contributed by atoms with Crippen LogP contribution in [0.3, 0.4) is 0 Å². The van der Waals surface area contributed by atoms with Crippen molar-refractivity contribution in [2.45, 2.75) is 78.1 Å². The van der Waals surface area contributed by atoms with Gasteiger partial charge in [-0.15, -0.1) is 0 Å². The molecule has 144 valence electrons. The Hall–Kier alpha value is -1.56. The Balaban J connectivity index is 1.37. The van der Waals surface area contributed by atoms with E-state index in [-0.39, 0.29) is 0 Å². The van der Waals surface area contributed by atoms with E-state index in [1.54, 1.807) is 5.56 Å². The Morgan fingerprint density at radius 2 is 1.11 bits per heavy atom. The largest absolute Gasteiger partial charge is 0.0625 e. The smallest absolute Gasteiger partial charge is 0.0162 e. The quantitative estimate of drug-likeness (QED) is 0.519. The number of hydrogen-bond acceptors (Lipinski definition) is 0. The molecule has 2 saturated carbocycles. The van der Waals surface area contributed by atoms with Gasteiger partial charge in [-0.25, -0.2) is 0 Å². The van der Waals surface area contributed by atoms with Crippen molar-refractivity contribution < 1.29 is 0 Å². The van der Waals surface area contributed by atoms with E-state index in [1.807, 2.05) is 0 Å². The maximum atomic E-state index is 2.44. The first kappa shape index (κ1) is 18.8. The number of hydrogen-bond donors (Lipinski definition) is 0. The van der Waals surface area contributed by atoms with Crippen molar-refractivity contribution in [2.24, 2.45) is 17.8 Å². The normalized spacial score (nSPS) is 28.9. The van der Waals surface area contributed by atoms with Gasteiger partial charge in [0.25, 0.3) is 0 Å². The van der Waals surface area contributed by atoms with Gasteiger partial charge in [-0.1, -0.05) is 73.4 Å². The molecule has 0 bridgehead atoms. The summed E-state index contributed by atoms with van der Waals surface area (Å²) in [6.07, 6.45) is 11.7. The summed E-state index contributed by atoms with van der Waals surface area (Å²) in [7, 11) is 0. The van der Waals surface area contributed by atoms with E-state index in [2.05, 4.69) is 63.2 Å². The molecule has 2 fully saturated rings. The fraction of sp³-hybridized carbons (Fsp3) is 0.556. The molecule has 0 unspecified atom stereocenters. The Labute approximate surface area is 166 Å². The highest BCUT2D eigenvalue weighted by molar-refractivity contribution is 5.65. The Morgan fingerprint density at radius 1 is 0.593 bits per heavy atom. The predicted molar refractivity (Wildman–Crippen MR) is 117 cm³/mol. The van der Waals surface area contributed by atoms with Crippen molar-refractivity contribution in [1.29, 1.82) is 0 Å². The van der Waals surface area contributed by atoms with E-state index in [0.29, 0.717) is 0 Å². The Morgan fingerprint density at radius 3 is 1.67 bits per heavy atom. The van der Waals surface area contributed by atoms with Gasteiger partial charge in [0.1, 0.15) is 0 Å². The molecule has 2 aliphatic rings. The van der Waals surface area contributed by atoms with Crippen LogP contribution in [-0.2, 0) is 0 Å². The highest BCUT2D eigenvalue weighted by Crippen LogP contribution is 2.44. The minimum Gasteiger partial charge on any atom is -0.0625 e. The summed E-state index contributed by atoms with van der Waals surface area (Å²) in [6.45, 7) is 6.82. The first-order valence-electron chi connectivity index (χ1n) is 11.3. The SMILES string of the molecule is Cc1cc(C)cc(-c2ccc(C3CCC(C4CCC(C)CC4)CC3)cc2)c1. The van der Waals surface area contributed by atoms with Gasteiger partial charge in [0.2, 0.25) is 0 Å². The van der Waals surface area contributed by atoms with Crippen molar-refractivity contribution in [2.75, 3.05) is 0 Å². The van der Waals surface area contributed by atoms with Gasteiger partial charge < -0.3 is 0 Å². The Kier molecular flexibility index (Phi) is 5.71. The van der Waals surface area contributed by atoms with Gasteiger partial charge in [-0.2, -0.15) is 0 Å². The second kappa shape index (κ2) is 8.21. The summed E-state index contributed by atoms with van der Waals surface area (Å²) in [6, 6.07) is 16.4. The predicted octanol–water partition coefficient (Wildman–Crippen LogP) is 8.07. The van der Waals surface area contributed by atoms with Crippen LogP contribution in [0.5, 0.6) is 0 Å². The summed E-state index contributed by atoms with van der Waals surface area (Å²) in [5.41, 5.74) is 6.98. The molecule has 2 aromatic rings. The zero-order valence-electron chi connectivity index (χ0n) is 17.5. The van der Waals surface area contributed by atoms with Crippen LogP contribution < -0.4 is 0 Å². The summed E-state index contributed by atoms with van der Waals surface area (Å²) in [5, 5.41) is 0. The van der Waals surface area contributed by atoms with Gasteiger partial charge in [0, 0.05) is 0 Å². The van der Waals surface area contributed by atoms with Crippen LogP contribution in [0.25, 0.3) is 11.1 Å². The topological polar surface area (TPSA) is 0 Å². The first-order chi connectivity index (χ1) is 13.1. The summed E-state index contributed by atoms with van der Waals surface area (Å²) < 4.78 is 0. The fourth-order valence-corrected chi connectivity index (χ4v) is 5.77. The molecule has 0 aliphatic heterocycles. The molecule has 2 aromatic carbocycles. The molecule has 0 heteroatoms. The van der Waals surface area contributed by atoms with Crippen molar-refractivity contribution in [1.82, 2.24) is 0 Å². The van der Waals surface area contributed by atoms with E-state index < -0.39 is 0 Å². The maximum Gasteiger partial charge on any atom is -0.0162 e. The molecular formula is C27H36. The maximum absolute atomic E-state index is 2.44. The first-order valence-corrected chi connectivity index (χ1v) is 11.3. The van der Waals surface area contributed by atoms with Crippen molar-refractivity contribution in [3.8, 4) is 11.1 Å². The van der Waals surface area contributed by atoms with Gasteiger partial charge >= 0.3 is 0 Å². The average molecular weight is 361 g/mol. The highest BCUT2D eigenvalue weighted by Gasteiger charge is 2.30. The van der Waals surface area contributed by atoms with Crippen LogP contribution in [0.2, 0.25) is 0 Å². The van der Waals surface area contributed by atoms with E-state index in [0.717, 1.165) is 23.7 Å². The molecule has 0 atom stereocenters. The van der Waals surface area contributed by atoms with Gasteiger partial charge in [0.15, 0.2) is 0 Å². The van der Waals surface area contributed by atoms with Gasteiger partial charge in [0.05, 0.1) is 0 Å². The number of benzene rings is 2. The minimum atomic E-state index is 0.789. The highest BCUT2D eigenvalue weighted by atomic mass is 14.4. The lowest BCUT2D eigenvalue weighted by atomic mass is 9.68. The monoisotopic (exact) mass is 360 g/mol. The van der Waals surface area contributed by atoms with Crippen molar-refractivity contribution >= 4 is 0 Å². The summed E-state index contributed by atoms with van der Waals surface area (Å²) >= 11 is 0. The zero-order chi connectivity index (χ0) is 18.8. The molecule has 0 radical (unpaired) electrons. The van der Waals surface area contributed by atoms with Crippen LogP contribution in [0, 0.1) is 31.6 Å². The summed E-state index contributed by atoms with van der Waals surface area (Å²) in [4.78, 5) is 0. The van der Waals surface area contributed by atoms with E-state index in [1.165, 1.54) is 73.6 Å². The van der Waals surface area contributed by atoms with Crippen molar-refractivity contribution in [3.63, 3.8) is 0 Å². The molecule has 0 amide bonds. The third-order valence-corrected chi connectivity index (χ3v) is 7.44. The lowest BCUT2D eigenvalue weighted by Gasteiger charge is -2.37. The van der Waals surface area contributed by atoms with Crippen molar-refractivity contribution in [3.05, 3.63) is 59.2 Å². The molecule has 0 saturated heterocycles. The Bertz CT molecular complexity index is 718.